The molecule has 2 aromatic carbocycles. The van der Waals surface area contributed by atoms with Crippen molar-refractivity contribution in [2.45, 2.75) is 12.8 Å². The standard InChI is InChI=1S/C25H27NO7/c1-30-20-13-16(7-9-19(20)27)8-10-23(28)26-11-5-6-18(25(26)29)12-17-14-21(31-2)24(33-4)22(15-17)32-3/h7-10,12-15,27H,5-6,11H2,1-4H3. The Morgan fingerprint density at radius 1 is 0.939 bits per heavy atom. The molecular weight excluding hydrogens is 426 g/mol. The number of imide groups is 1. The van der Waals surface area contributed by atoms with Gasteiger partial charge in [0.1, 0.15) is 0 Å². The summed E-state index contributed by atoms with van der Waals surface area (Å²) in [5, 5.41) is 9.70. The van der Waals surface area contributed by atoms with Crippen molar-refractivity contribution in [2.75, 3.05) is 35.0 Å². The van der Waals surface area contributed by atoms with E-state index in [1.807, 2.05) is 0 Å². The Kier molecular flexibility index (Phi) is 7.61. The summed E-state index contributed by atoms with van der Waals surface area (Å²) < 4.78 is 21.2. The van der Waals surface area contributed by atoms with E-state index in [0.717, 1.165) is 0 Å². The highest BCUT2D eigenvalue weighted by atomic mass is 16.5. The van der Waals surface area contributed by atoms with Crippen LogP contribution in [-0.4, -0.2) is 56.8 Å². The molecule has 2 amide bonds. The highest BCUT2D eigenvalue weighted by molar-refractivity contribution is 6.11. The first-order valence-corrected chi connectivity index (χ1v) is 10.3. The number of methoxy groups -OCH3 is 4. The molecule has 1 fully saturated rings. The number of amides is 2. The van der Waals surface area contributed by atoms with Gasteiger partial charge in [0.25, 0.3) is 11.8 Å². The SMILES string of the molecule is COc1cc(C=CC(=O)N2CCCC(=Cc3cc(OC)c(OC)c(OC)c3)C2=O)ccc1O. The minimum absolute atomic E-state index is 0.00811. The van der Waals surface area contributed by atoms with Crippen molar-refractivity contribution in [3.8, 4) is 28.7 Å². The van der Waals surface area contributed by atoms with Gasteiger partial charge >= 0.3 is 0 Å². The topological polar surface area (TPSA) is 94.5 Å². The average Bonchev–Trinajstić information content (AvgIpc) is 2.83. The Hall–Kier alpha value is -3.94. The summed E-state index contributed by atoms with van der Waals surface area (Å²) >= 11 is 0. The number of phenols is 1. The zero-order valence-corrected chi connectivity index (χ0v) is 19.1. The van der Waals surface area contributed by atoms with Crippen molar-refractivity contribution in [3.63, 3.8) is 0 Å². The number of hydrogen-bond acceptors (Lipinski definition) is 7. The summed E-state index contributed by atoms with van der Waals surface area (Å²) in [5.74, 6) is 0.975. The Labute approximate surface area is 192 Å². The number of hydrogen-bond donors (Lipinski definition) is 1. The summed E-state index contributed by atoms with van der Waals surface area (Å²) in [7, 11) is 6.02. The van der Waals surface area contributed by atoms with E-state index in [9.17, 15) is 14.7 Å². The van der Waals surface area contributed by atoms with Crippen molar-refractivity contribution in [2.24, 2.45) is 0 Å². The smallest absolute Gasteiger partial charge is 0.256 e. The van der Waals surface area contributed by atoms with Crippen molar-refractivity contribution in [1.29, 1.82) is 0 Å². The predicted molar refractivity (Wildman–Crippen MR) is 124 cm³/mol. The van der Waals surface area contributed by atoms with Gasteiger partial charge in [0.15, 0.2) is 23.0 Å². The lowest BCUT2D eigenvalue weighted by Gasteiger charge is -2.26. The number of phenolic OH excluding ortho intramolecular Hbond substituents is 1. The van der Waals surface area contributed by atoms with Crippen LogP contribution in [0.2, 0.25) is 0 Å². The van der Waals surface area contributed by atoms with Crippen LogP contribution >= 0.6 is 0 Å². The molecule has 1 aliphatic heterocycles. The normalized spacial score (nSPS) is 15.1. The van der Waals surface area contributed by atoms with Crippen LogP contribution in [0.4, 0.5) is 0 Å². The molecule has 33 heavy (non-hydrogen) atoms. The van der Waals surface area contributed by atoms with E-state index < -0.39 is 5.91 Å². The number of piperidine rings is 1. The molecule has 0 aliphatic carbocycles. The van der Waals surface area contributed by atoms with Crippen molar-refractivity contribution < 1.29 is 33.6 Å². The molecule has 2 aromatic rings. The molecule has 0 unspecified atom stereocenters. The maximum Gasteiger partial charge on any atom is 0.256 e. The molecule has 1 aliphatic rings. The quantitative estimate of drug-likeness (QED) is 0.639. The Morgan fingerprint density at radius 3 is 2.18 bits per heavy atom. The van der Waals surface area contributed by atoms with Gasteiger partial charge in [-0.05, 0) is 60.4 Å². The molecule has 8 heteroatoms. The number of carbonyl (C=O) groups excluding carboxylic acids is 2. The van der Waals surface area contributed by atoms with Crippen LogP contribution in [0.1, 0.15) is 24.0 Å². The van der Waals surface area contributed by atoms with Gasteiger partial charge in [0, 0.05) is 18.2 Å². The van der Waals surface area contributed by atoms with Crippen LogP contribution in [0.5, 0.6) is 28.7 Å². The average molecular weight is 453 g/mol. The van der Waals surface area contributed by atoms with Gasteiger partial charge in [-0.15, -0.1) is 0 Å². The first-order chi connectivity index (χ1) is 15.9. The van der Waals surface area contributed by atoms with E-state index in [2.05, 4.69) is 0 Å². The maximum atomic E-state index is 13.0. The second-order valence-electron chi connectivity index (χ2n) is 7.29. The molecule has 0 bridgehead atoms. The predicted octanol–water partition coefficient (Wildman–Crippen LogP) is 3.67. The van der Waals surface area contributed by atoms with Crippen LogP contribution in [0.25, 0.3) is 12.2 Å². The molecule has 1 N–H and O–H groups in total. The van der Waals surface area contributed by atoms with Crippen LogP contribution in [0.15, 0.2) is 42.0 Å². The second kappa shape index (κ2) is 10.6. The van der Waals surface area contributed by atoms with Crippen molar-refractivity contribution >= 4 is 24.0 Å². The lowest BCUT2D eigenvalue weighted by molar-refractivity contribution is -0.140. The Balaban J connectivity index is 1.82. The van der Waals surface area contributed by atoms with Gasteiger partial charge in [0.05, 0.1) is 28.4 Å². The van der Waals surface area contributed by atoms with Crippen LogP contribution in [0.3, 0.4) is 0 Å². The lowest BCUT2D eigenvalue weighted by Crippen LogP contribution is -2.40. The number of nitrogens with zero attached hydrogens (tertiary/aromatic N) is 1. The third-order valence-corrected chi connectivity index (χ3v) is 5.26. The molecule has 0 saturated carbocycles. The van der Waals surface area contributed by atoms with Crippen molar-refractivity contribution in [1.82, 2.24) is 4.90 Å². The number of benzene rings is 2. The first kappa shape index (κ1) is 23.7. The summed E-state index contributed by atoms with van der Waals surface area (Å²) in [5.41, 5.74) is 1.88. The molecule has 8 nitrogen and oxygen atoms in total. The van der Waals surface area contributed by atoms with Gasteiger partial charge in [-0.1, -0.05) is 6.07 Å². The highest BCUT2D eigenvalue weighted by Gasteiger charge is 2.27. The van der Waals surface area contributed by atoms with E-state index in [0.29, 0.717) is 59.1 Å². The second-order valence-corrected chi connectivity index (χ2v) is 7.29. The number of carbonyl (C=O) groups is 2. The van der Waals surface area contributed by atoms with Crippen molar-refractivity contribution in [3.05, 3.63) is 53.1 Å². The Bertz CT molecular complexity index is 1080. The van der Waals surface area contributed by atoms with Crippen LogP contribution < -0.4 is 18.9 Å². The maximum absolute atomic E-state index is 13.0. The molecule has 0 aromatic heterocycles. The van der Waals surface area contributed by atoms with Gasteiger partial charge < -0.3 is 24.1 Å². The molecule has 0 atom stereocenters. The number of aromatic hydroxyl groups is 1. The third kappa shape index (κ3) is 5.28. The molecule has 0 radical (unpaired) electrons. The summed E-state index contributed by atoms with van der Waals surface area (Å²) in [6.45, 7) is 0.341. The fraction of sp³-hybridized carbons (Fsp3) is 0.280. The summed E-state index contributed by atoms with van der Waals surface area (Å²) in [6, 6.07) is 8.23. The monoisotopic (exact) mass is 453 g/mol. The summed E-state index contributed by atoms with van der Waals surface area (Å²) in [6.07, 6.45) is 5.87. The summed E-state index contributed by atoms with van der Waals surface area (Å²) in [4.78, 5) is 27.0. The molecular formula is C25H27NO7. The minimum atomic E-state index is -0.414. The van der Waals surface area contributed by atoms with Gasteiger partial charge in [-0.25, -0.2) is 0 Å². The number of likely N-dealkylation sites (tertiary alicyclic amines) is 1. The third-order valence-electron chi connectivity index (χ3n) is 5.26. The van der Waals surface area contributed by atoms with E-state index in [4.69, 9.17) is 18.9 Å². The van der Waals surface area contributed by atoms with Crippen LogP contribution in [0, 0.1) is 0 Å². The molecule has 1 saturated heterocycles. The number of rotatable bonds is 7. The fourth-order valence-corrected chi connectivity index (χ4v) is 3.59. The minimum Gasteiger partial charge on any atom is -0.504 e. The van der Waals surface area contributed by atoms with E-state index >= 15 is 0 Å². The zero-order valence-electron chi connectivity index (χ0n) is 19.1. The fourth-order valence-electron chi connectivity index (χ4n) is 3.59. The van der Waals surface area contributed by atoms with E-state index in [-0.39, 0.29) is 11.7 Å². The zero-order chi connectivity index (χ0) is 24.0. The first-order valence-electron chi connectivity index (χ1n) is 10.3. The largest absolute Gasteiger partial charge is 0.504 e. The number of ether oxygens (including phenoxy) is 4. The molecule has 3 rings (SSSR count). The van der Waals surface area contributed by atoms with Gasteiger partial charge in [-0.3, -0.25) is 14.5 Å². The molecule has 174 valence electrons. The van der Waals surface area contributed by atoms with E-state index in [1.165, 1.54) is 45.5 Å². The van der Waals surface area contributed by atoms with Gasteiger partial charge in [-0.2, -0.15) is 0 Å². The Morgan fingerprint density at radius 2 is 1.58 bits per heavy atom. The van der Waals surface area contributed by atoms with E-state index in [1.54, 1.807) is 36.4 Å². The van der Waals surface area contributed by atoms with Gasteiger partial charge in [0.2, 0.25) is 5.75 Å². The highest BCUT2D eigenvalue weighted by Crippen LogP contribution is 2.39. The lowest BCUT2D eigenvalue weighted by atomic mass is 10.00. The molecule has 1 heterocycles. The van der Waals surface area contributed by atoms with Crippen LogP contribution in [-0.2, 0) is 9.59 Å². The molecule has 0 spiro atoms.